The summed E-state index contributed by atoms with van der Waals surface area (Å²) in [6, 6.07) is 17.4. The fourth-order valence-electron chi connectivity index (χ4n) is 3.10. The lowest BCUT2D eigenvalue weighted by atomic mass is 10.1. The maximum absolute atomic E-state index is 11.7. The van der Waals surface area contributed by atoms with Crippen LogP contribution in [0.2, 0.25) is 0 Å². The Hall–Kier alpha value is -3.74. The van der Waals surface area contributed by atoms with Crippen molar-refractivity contribution in [2.45, 2.75) is 13.5 Å². The Morgan fingerprint density at radius 2 is 1.93 bits per heavy atom. The van der Waals surface area contributed by atoms with Crippen molar-refractivity contribution in [1.29, 1.82) is 0 Å². The second-order valence-electron chi connectivity index (χ2n) is 6.17. The molecule has 134 valence electrons. The number of aryl methyl sites for hydroxylation is 1. The minimum absolute atomic E-state index is 0.460. The molecule has 0 aliphatic heterocycles. The van der Waals surface area contributed by atoms with E-state index in [4.69, 9.17) is 5.73 Å². The molecule has 0 bridgehead atoms. The summed E-state index contributed by atoms with van der Waals surface area (Å²) in [6.45, 7) is 2.55. The molecule has 0 unspecified atom stereocenters. The molecule has 0 fully saturated rings. The molecule has 7 nitrogen and oxygen atoms in total. The summed E-state index contributed by atoms with van der Waals surface area (Å²) >= 11 is 0. The highest BCUT2D eigenvalue weighted by Crippen LogP contribution is 2.25. The van der Waals surface area contributed by atoms with Crippen LogP contribution in [-0.2, 0) is 6.54 Å². The maximum Gasteiger partial charge on any atom is 0.249 e. The van der Waals surface area contributed by atoms with Crippen LogP contribution in [0.1, 0.15) is 21.6 Å². The molecule has 4 aromatic rings. The summed E-state index contributed by atoms with van der Waals surface area (Å²) < 4.78 is 1.89. The van der Waals surface area contributed by atoms with Gasteiger partial charge in [0, 0.05) is 23.2 Å². The lowest BCUT2D eigenvalue weighted by Crippen LogP contribution is -2.11. The van der Waals surface area contributed by atoms with Crippen molar-refractivity contribution in [2.75, 3.05) is 5.32 Å². The van der Waals surface area contributed by atoms with Crippen LogP contribution in [0.5, 0.6) is 0 Å². The smallest absolute Gasteiger partial charge is 0.249 e. The van der Waals surface area contributed by atoms with E-state index in [9.17, 15) is 4.79 Å². The minimum atomic E-state index is -0.460. The monoisotopic (exact) mass is 358 g/mol. The van der Waals surface area contributed by atoms with Gasteiger partial charge in [-0.15, -0.1) is 0 Å². The summed E-state index contributed by atoms with van der Waals surface area (Å²) in [5.41, 5.74) is 8.83. The molecule has 0 radical (unpaired) electrons. The predicted octanol–water partition coefficient (Wildman–Crippen LogP) is 2.83. The third kappa shape index (κ3) is 3.22. The van der Waals surface area contributed by atoms with Crippen LogP contribution in [0.4, 0.5) is 5.95 Å². The summed E-state index contributed by atoms with van der Waals surface area (Å²) in [7, 11) is 0. The normalized spacial score (nSPS) is 10.9. The van der Waals surface area contributed by atoms with E-state index in [1.165, 1.54) is 6.33 Å². The number of nitrogens with two attached hydrogens (primary N) is 1. The fraction of sp³-hybridized carbons (Fsp3) is 0.100. The van der Waals surface area contributed by atoms with E-state index in [2.05, 4.69) is 20.3 Å². The number of primary amides is 1. The molecule has 0 saturated heterocycles. The van der Waals surface area contributed by atoms with E-state index in [0.29, 0.717) is 24.0 Å². The molecule has 1 amide bonds. The van der Waals surface area contributed by atoms with Crippen LogP contribution in [0.25, 0.3) is 16.9 Å². The summed E-state index contributed by atoms with van der Waals surface area (Å²) in [6.07, 6.45) is 1.47. The molecule has 0 saturated carbocycles. The molecule has 0 spiro atoms. The molecular weight excluding hydrogens is 340 g/mol. The Labute approximate surface area is 155 Å². The van der Waals surface area contributed by atoms with Gasteiger partial charge in [0.2, 0.25) is 17.8 Å². The highest BCUT2D eigenvalue weighted by atomic mass is 16.1. The first-order valence-corrected chi connectivity index (χ1v) is 8.51. The Morgan fingerprint density at radius 1 is 1.11 bits per heavy atom. The number of rotatable bonds is 5. The molecule has 0 aliphatic carbocycles. The molecule has 2 heterocycles. The molecule has 2 aromatic heterocycles. The number of carbonyl (C=O) groups is 1. The number of nitrogens with zero attached hydrogens (tertiary/aromatic N) is 4. The van der Waals surface area contributed by atoms with Crippen molar-refractivity contribution in [2.24, 2.45) is 5.73 Å². The van der Waals surface area contributed by atoms with Crippen LogP contribution in [-0.4, -0.2) is 25.4 Å². The van der Waals surface area contributed by atoms with E-state index in [0.717, 1.165) is 22.2 Å². The minimum Gasteiger partial charge on any atom is -0.366 e. The number of hydrogen-bond acceptors (Lipinski definition) is 5. The second-order valence-corrected chi connectivity index (χ2v) is 6.17. The third-order valence-corrected chi connectivity index (χ3v) is 4.35. The Balaban J connectivity index is 1.71. The highest BCUT2D eigenvalue weighted by Gasteiger charge is 2.15. The van der Waals surface area contributed by atoms with Gasteiger partial charge in [-0.2, -0.15) is 4.98 Å². The highest BCUT2D eigenvalue weighted by molar-refractivity contribution is 6.06. The second kappa shape index (κ2) is 6.87. The average molecular weight is 358 g/mol. The van der Waals surface area contributed by atoms with Gasteiger partial charge in [-0.1, -0.05) is 36.4 Å². The number of anilines is 1. The molecule has 4 rings (SSSR count). The molecule has 27 heavy (non-hydrogen) atoms. The number of aromatic nitrogens is 4. The molecule has 3 N–H and O–H groups in total. The summed E-state index contributed by atoms with van der Waals surface area (Å²) in [5.74, 6) is 0.504. The molecular formula is C20H18N6O. The first kappa shape index (κ1) is 16.7. The number of fused-ring (bicyclic) bond motifs is 1. The first-order chi connectivity index (χ1) is 13.1. The predicted molar refractivity (Wildman–Crippen MR) is 104 cm³/mol. The van der Waals surface area contributed by atoms with Crippen molar-refractivity contribution >= 4 is 22.8 Å². The third-order valence-electron chi connectivity index (χ3n) is 4.35. The van der Waals surface area contributed by atoms with Crippen molar-refractivity contribution in [3.63, 3.8) is 0 Å². The zero-order valence-corrected chi connectivity index (χ0v) is 14.8. The van der Waals surface area contributed by atoms with E-state index in [1.54, 1.807) is 12.1 Å². The van der Waals surface area contributed by atoms with Crippen LogP contribution in [0, 0.1) is 6.92 Å². The number of hydrogen-bond donors (Lipinski definition) is 2. The van der Waals surface area contributed by atoms with Gasteiger partial charge in [0.25, 0.3) is 0 Å². The SMILES string of the molecule is Cc1cc2c(C(N)=O)cccc2n1-c1ncnc(NCc2ccccc2)n1. The van der Waals surface area contributed by atoms with Gasteiger partial charge in [-0.3, -0.25) is 9.36 Å². The molecule has 0 aliphatic rings. The van der Waals surface area contributed by atoms with Gasteiger partial charge in [-0.05, 0) is 30.7 Å². The van der Waals surface area contributed by atoms with Crippen LogP contribution in [0.15, 0.2) is 60.9 Å². The average Bonchev–Trinajstić information content (AvgIpc) is 3.03. The topological polar surface area (TPSA) is 98.7 Å². The van der Waals surface area contributed by atoms with E-state index in [-0.39, 0.29) is 0 Å². The maximum atomic E-state index is 11.7. The van der Waals surface area contributed by atoms with Gasteiger partial charge in [0.05, 0.1) is 5.52 Å². The van der Waals surface area contributed by atoms with Gasteiger partial charge >= 0.3 is 0 Å². The van der Waals surface area contributed by atoms with E-state index >= 15 is 0 Å². The Bertz CT molecular complexity index is 1120. The van der Waals surface area contributed by atoms with Crippen LogP contribution < -0.4 is 11.1 Å². The Morgan fingerprint density at radius 3 is 2.70 bits per heavy atom. The van der Waals surface area contributed by atoms with Crippen molar-refractivity contribution in [3.8, 4) is 5.95 Å². The number of carbonyl (C=O) groups excluding carboxylic acids is 1. The standard InChI is InChI=1S/C20H18N6O/c1-13-10-16-15(18(21)27)8-5-9-17(16)26(13)20-24-12-23-19(25-20)22-11-14-6-3-2-4-7-14/h2-10,12H,11H2,1H3,(H2,21,27)(H,22,23,24,25). The largest absolute Gasteiger partial charge is 0.366 e. The van der Waals surface area contributed by atoms with E-state index in [1.807, 2.05) is 54.0 Å². The zero-order valence-electron chi connectivity index (χ0n) is 14.8. The van der Waals surface area contributed by atoms with Gasteiger partial charge in [0.15, 0.2) is 0 Å². The Kier molecular flexibility index (Phi) is 4.25. The van der Waals surface area contributed by atoms with E-state index < -0.39 is 5.91 Å². The van der Waals surface area contributed by atoms with Crippen LogP contribution >= 0.6 is 0 Å². The summed E-state index contributed by atoms with van der Waals surface area (Å²) in [4.78, 5) is 24.7. The molecule has 2 aromatic carbocycles. The lowest BCUT2D eigenvalue weighted by molar-refractivity contribution is 0.100. The van der Waals surface area contributed by atoms with Gasteiger partial charge < -0.3 is 11.1 Å². The van der Waals surface area contributed by atoms with Crippen molar-refractivity contribution < 1.29 is 4.79 Å². The zero-order chi connectivity index (χ0) is 18.8. The van der Waals surface area contributed by atoms with Crippen molar-refractivity contribution in [3.05, 3.63) is 77.7 Å². The lowest BCUT2D eigenvalue weighted by Gasteiger charge is -2.09. The van der Waals surface area contributed by atoms with Crippen molar-refractivity contribution in [1.82, 2.24) is 19.5 Å². The number of nitrogens with one attached hydrogen (secondary N) is 1. The van der Waals surface area contributed by atoms with Gasteiger partial charge in [-0.25, -0.2) is 9.97 Å². The summed E-state index contributed by atoms with van der Waals surface area (Å²) in [5, 5.41) is 3.99. The first-order valence-electron chi connectivity index (χ1n) is 8.51. The molecule has 0 atom stereocenters. The molecule has 7 heteroatoms. The quantitative estimate of drug-likeness (QED) is 0.571. The van der Waals surface area contributed by atoms with Gasteiger partial charge in [0.1, 0.15) is 6.33 Å². The fourth-order valence-corrected chi connectivity index (χ4v) is 3.10. The van der Waals surface area contributed by atoms with Crippen LogP contribution in [0.3, 0.4) is 0 Å². The number of amides is 1. The number of benzene rings is 2.